The Morgan fingerprint density at radius 3 is 2.75 bits per heavy atom. The van der Waals surface area contributed by atoms with E-state index in [-0.39, 0.29) is 30.7 Å². The van der Waals surface area contributed by atoms with Crippen molar-refractivity contribution in [2.24, 2.45) is 0 Å². The average Bonchev–Trinajstić information content (AvgIpc) is 2.54. The number of anilines is 1. The normalized spacial score (nSPS) is 17.5. The molecule has 0 saturated carbocycles. The summed E-state index contributed by atoms with van der Waals surface area (Å²) in [6.07, 6.45) is 6.36. The van der Waals surface area contributed by atoms with Crippen LogP contribution in [0.2, 0.25) is 0 Å². The predicted molar refractivity (Wildman–Crippen MR) is 106 cm³/mol. The minimum atomic E-state index is 0. The molecule has 3 N–H and O–H groups in total. The van der Waals surface area contributed by atoms with Gasteiger partial charge in [-0.2, -0.15) is 0 Å². The molecule has 24 heavy (non-hydrogen) atoms. The first-order chi connectivity index (χ1) is 10.7. The summed E-state index contributed by atoms with van der Waals surface area (Å²) in [5.41, 5.74) is 7.72. The van der Waals surface area contributed by atoms with Crippen LogP contribution < -0.4 is 11.1 Å². The summed E-state index contributed by atoms with van der Waals surface area (Å²) in [7, 11) is 0. The second-order valence-corrected chi connectivity index (χ2v) is 6.14. The lowest BCUT2D eigenvalue weighted by atomic mass is 10.0. The van der Waals surface area contributed by atoms with E-state index in [4.69, 9.17) is 5.73 Å². The molecule has 138 valence electrons. The van der Waals surface area contributed by atoms with Crippen molar-refractivity contribution < 1.29 is 4.79 Å². The molecule has 0 radical (unpaired) electrons. The number of hydrogen-bond donors (Lipinski definition) is 2. The Morgan fingerprint density at radius 1 is 1.29 bits per heavy atom. The maximum absolute atomic E-state index is 11.9. The molecule has 1 atom stereocenters. The molecule has 0 aliphatic carbocycles. The van der Waals surface area contributed by atoms with Gasteiger partial charge in [0, 0.05) is 31.2 Å². The van der Waals surface area contributed by atoms with Crippen LogP contribution in [0.25, 0.3) is 0 Å². The second kappa shape index (κ2) is 12.4. The van der Waals surface area contributed by atoms with Crippen molar-refractivity contribution in [3.63, 3.8) is 0 Å². The van der Waals surface area contributed by atoms with Crippen molar-refractivity contribution in [2.45, 2.75) is 51.5 Å². The minimum Gasteiger partial charge on any atom is -0.399 e. The number of halogens is 2. The maximum atomic E-state index is 11.9. The number of likely N-dealkylation sites (tertiary alicyclic amines) is 1. The largest absolute Gasteiger partial charge is 0.399 e. The number of nitrogen functional groups attached to an aromatic ring is 1. The third-order valence-electron chi connectivity index (χ3n) is 4.62. The van der Waals surface area contributed by atoms with E-state index in [1.165, 1.54) is 32.2 Å². The summed E-state index contributed by atoms with van der Waals surface area (Å²) in [4.78, 5) is 14.5. The van der Waals surface area contributed by atoms with Gasteiger partial charge in [0.05, 0.1) is 0 Å². The van der Waals surface area contributed by atoms with E-state index < -0.39 is 0 Å². The van der Waals surface area contributed by atoms with Gasteiger partial charge in [-0.05, 0) is 43.9 Å². The van der Waals surface area contributed by atoms with Crippen LogP contribution in [0.4, 0.5) is 5.69 Å². The molecule has 1 unspecified atom stereocenters. The van der Waals surface area contributed by atoms with Crippen molar-refractivity contribution in [3.8, 4) is 0 Å². The van der Waals surface area contributed by atoms with Gasteiger partial charge in [-0.15, -0.1) is 24.8 Å². The number of carbonyl (C=O) groups excluding carboxylic acids is 1. The lowest BCUT2D eigenvalue weighted by Crippen LogP contribution is -2.43. The first-order valence-corrected chi connectivity index (χ1v) is 8.55. The van der Waals surface area contributed by atoms with E-state index in [9.17, 15) is 4.79 Å². The van der Waals surface area contributed by atoms with Gasteiger partial charge in [-0.3, -0.25) is 9.69 Å². The average molecular weight is 376 g/mol. The molecular weight excluding hydrogens is 345 g/mol. The molecule has 2 rings (SSSR count). The van der Waals surface area contributed by atoms with Crippen LogP contribution in [0.5, 0.6) is 0 Å². The molecule has 6 heteroatoms. The standard InChI is InChI=1S/C18H29N3O.2ClH/c1-2-16-8-5-6-13-21(16)14-12-20-18(22)11-10-15-7-3-4-9-17(15)19;;/h3-4,7,9,16H,2,5-6,8,10-14,19H2,1H3,(H,20,22);2*1H. The number of aryl methyl sites for hydroxylation is 1. The molecule has 1 aromatic rings. The minimum absolute atomic E-state index is 0. The second-order valence-electron chi connectivity index (χ2n) is 6.14. The van der Waals surface area contributed by atoms with Gasteiger partial charge in [0.15, 0.2) is 0 Å². The highest BCUT2D eigenvalue weighted by Crippen LogP contribution is 2.18. The van der Waals surface area contributed by atoms with Crippen LogP contribution in [0.1, 0.15) is 44.6 Å². The fourth-order valence-electron chi connectivity index (χ4n) is 3.25. The van der Waals surface area contributed by atoms with Crippen LogP contribution >= 0.6 is 24.8 Å². The summed E-state index contributed by atoms with van der Waals surface area (Å²) < 4.78 is 0. The summed E-state index contributed by atoms with van der Waals surface area (Å²) in [5, 5.41) is 3.04. The highest BCUT2D eigenvalue weighted by Gasteiger charge is 2.20. The first kappa shape index (κ1) is 23.0. The lowest BCUT2D eigenvalue weighted by Gasteiger charge is -2.35. The van der Waals surface area contributed by atoms with E-state index >= 15 is 0 Å². The number of benzene rings is 1. The van der Waals surface area contributed by atoms with Gasteiger partial charge in [0.2, 0.25) is 5.91 Å². The molecule has 1 aliphatic rings. The fraction of sp³-hybridized carbons (Fsp3) is 0.611. The van der Waals surface area contributed by atoms with E-state index in [1.54, 1.807) is 0 Å². The molecule has 1 amide bonds. The van der Waals surface area contributed by atoms with Crippen molar-refractivity contribution in [1.82, 2.24) is 10.2 Å². The van der Waals surface area contributed by atoms with Gasteiger partial charge in [-0.1, -0.05) is 31.5 Å². The van der Waals surface area contributed by atoms with Gasteiger partial charge in [0.25, 0.3) is 0 Å². The van der Waals surface area contributed by atoms with Crippen LogP contribution in [0.15, 0.2) is 24.3 Å². The Balaban J connectivity index is 0.00000264. The summed E-state index contributed by atoms with van der Waals surface area (Å²) in [6, 6.07) is 8.46. The van der Waals surface area contributed by atoms with Crippen LogP contribution in [-0.2, 0) is 11.2 Å². The van der Waals surface area contributed by atoms with E-state index in [0.29, 0.717) is 18.9 Å². The van der Waals surface area contributed by atoms with Crippen molar-refractivity contribution in [1.29, 1.82) is 0 Å². The topological polar surface area (TPSA) is 58.4 Å². The monoisotopic (exact) mass is 375 g/mol. The molecule has 0 aromatic heterocycles. The van der Waals surface area contributed by atoms with Gasteiger partial charge in [0.1, 0.15) is 0 Å². The molecule has 1 fully saturated rings. The Labute approximate surface area is 158 Å². The van der Waals surface area contributed by atoms with E-state index in [0.717, 1.165) is 24.3 Å². The van der Waals surface area contributed by atoms with Crippen molar-refractivity contribution in [2.75, 3.05) is 25.4 Å². The molecule has 0 bridgehead atoms. The smallest absolute Gasteiger partial charge is 0.220 e. The Hall–Kier alpha value is -0.970. The number of nitrogens with zero attached hydrogens (tertiary/aromatic N) is 1. The van der Waals surface area contributed by atoms with Crippen LogP contribution in [0.3, 0.4) is 0 Å². The number of para-hydroxylation sites is 1. The van der Waals surface area contributed by atoms with Crippen molar-refractivity contribution >= 4 is 36.4 Å². The highest BCUT2D eigenvalue weighted by molar-refractivity contribution is 5.85. The molecular formula is C18H31Cl2N3O. The van der Waals surface area contributed by atoms with Crippen LogP contribution in [-0.4, -0.2) is 36.5 Å². The predicted octanol–water partition coefficient (Wildman–Crippen LogP) is 3.43. The number of hydrogen-bond acceptors (Lipinski definition) is 3. The summed E-state index contributed by atoms with van der Waals surface area (Å²) in [6.45, 7) is 5.15. The van der Waals surface area contributed by atoms with Crippen LogP contribution in [0, 0.1) is 0 Å². The van der Waals surface area contributed by atoms with E-state index in [1.807, 2.05) is 24.3 Å². The Morgan fingerprint density at radius 2 is 2.04 bits per heavy atom. The molecule has 4 nitrogen and oxygen atoms in total. The third kappa shape index (κ3) is 7.29. The molecule has 0 spiro atoms. The quantitative estimate of drug-likeness (QED) is 0.717. The number of rotatable bonds is 7. The SMILES string of the molecule is CCC1CCCCN1CCNC(=O)CCc1ccccc1N.Cl.Cl. The Kier molecular flexibility index (Phi) is 11.9. The molecule has 1 aliphatic heterocycles. The number of carbonyl (C=O) groups is 1. The summed E-state index contributed by atoms with van der Waals surface area (Å²) >= 11 is 0. The zero-order chi connectivity index (χ0) is 15.8. The molecule has 1 aromatic carbocycles. The van der Waals surface area contributed by atoms with Gasteiger partial charge in [-0.25, -0.2) is 0 Å². The fourth-order valence-corrected chi connectivity index (χ4v) is 3.25. The van der Waals surface area contributed by atoms with Gasteiger partial charge >= 0.3 is 0 Å². The van der Waals surface area contributed by atoms with Crippen molar-refractivity contribution in [3.05, 3.63) is 29.8 Å². The summed E-state index contributed by atoms with van der Waals surface area (Å²) in [5.74, 6) is 0.119. The number of piperidine rings is 1. The molecule has 1 heterocycles. The van der Waals surface area contributed by atoms with E-state index in [2.05, 4.69) is 17.1 Å². The molecule has 1 saturated heterocycles. The highest BCUT2D eigenvalue weighted by atomic mass is 35.5. The number of nitrogens with two attached hydrogens (primary N) is 1. The maximum Gasteiger partial charge on any atom is 0.220 e. The zero-order valence-electron chi connectivity index (χ0n) is 14.5. The number of nitrogens with one attached hydrogen (secondary N) is 1. The Bertz CT molecular complexity index is 485. The number of amides is 1. The third-order valence-corrected chi connectivity index (χ3v) is 4.62. The lowest BCUT2D eigenvalue weighted by molar-refractivity contribution is -0.121. The zero-order valence-corrected chi connectivity index (χ0v) is 16.1. The van der Waals surface area contributed by atoms with Gasteiger partial charge < -0.3 is 11.1 Å². The first-order valence-electron chi connectivity index (χ1n) is 8.55.